The zero-order valence-electron chi connectivity index (χ0n) is 6.92. The van der Waals surface area contributed by atoms with Crippen LogP contribution in [0.4, 0.5) is 0 Å². The molecule has 61 valence electrons. The van der Waals surface area contributed by atoms with Crippen LogP contribution < -0.4 is 0 Å². The van der Waals surface area contributed by atoms with Gasteiger partial charge in [0.2, 0.25) is 0 Å². The highest BCUT2D eigenvalue weighted by Crippen LogP contribution is 2.15. The third-order valence-corrected chi connectivity index (χ3v) is 1.71. The maximum atomic E-state index is 9.97. The summed E-state index contributed by atoms with van der Waals surface area (Å²) in [5.41, 5.74) is 2.10. The molecule has 0 bridgehead atoms. The number of carbonyl (C=O) groups excluding carboxylic acids is 1. The van der Waals surface area contributed by atoms with Crippen molar-refractivity contribution in [2.45, 2.75) is 12.8 Å². The van der Waals surface area contributed by atoms with E-state index in [9.17, 15) is 4.79 Å². The SMILES string of the molecule is C=C(CC[C]=O)c1ccccc1. The fourth-order valence-corrected chi connectivity index (χ4v) is 1.02. The Kier molecular flexibility index (Phi) is 3.27. The molecule has 0 heterocycles. The van der Waals surface area contributed by atoms with Gasteiger partial charge in [0.05, 0.1) is 0 Å². The average Bonchev–Trinajstić information content (AvgIpc) is 2.15. The molecular weight excluding hydrogens is 148 g/mol. The molecule has 0 aliphatic heterocycles. The Morgan fingerprint density at radius 2 is 2.00 bits per heavy atom. The Morgan fingerprint density at radius 3 is 2.58 bits per heavy atom. The predicted octanol–water partition coefficient (Wildman–Crippen LogP) is 2.59. The molecule has 0 aliphatic rings. The van der Waals surface area contributed by atoms with E-state index in [1.165, 1.54) is 0 Å². The lowest BCUT2D eigenvalue weighted by molar-refractivity contribution is 0.552. The topological polar surface area (TPSA) is 17.1 Å². The first-order valence-electron chi connectivity index (χ1n) is 3.93. The van der Waals surface area contributed by atoms with Crippen LogP contribution in [-0.2, 0) is 4.79 Å². The van der Waals surface area contributed by atoms with E-state index in [0.29, 0.717) is 12.8 Å². The van der Waals surface area contributed by atoms with E-state index in [2.05, 4.69) is 6.58 Å². The van der Waals surface area contributed by atoms with Crippen LogP contribution in [0, 0.1) is 0 Å². The predicted molar refractivity (Wildman–Crippen MR) is 50.4 cm³/mol. The first-order chi connectivity index (χ1) is 5.84. The van der Waals surface area contributed by atoms with E-state index in [0.717, 1.165) is 11.1 Å². The highest BCUT2D eigenvalue weighted by Gasteiger charge is 1.96. The quantitative estimate of drug-likeness (QED) is 0.660. The molecule has 1 nitrogen and oxygen atoms in total. The van der Waals surface area contributed by atoms with Crippen LogP contribution in [0.2, 0.25) is 0 Å². The molecule has 0 saturated heterocycles. The van der Waals surface area contributed by atoms with Gasteiger partial charge in [0.25, 0.3) is 0 Å². The molecule has 0 unspecified atom stereocenters. The average molecular weight is 159 g/mol. The lowest BCUT2D eigenvalue weighted by atomic mass is 10.0. The van der Waals surface area contributed by atoms with Crippen LogP contribution in [0.15, 0.2) is 36.9 Å². The van der Waals surface area contributed by atoms with E-state index in [1.54, 1.807) is 0 Å². The van der Waals surface area contributed by atoms with Gasteiger partial charge in [-0.1, -0.05) is 36.9 Å². The van der Waals surface area contributed by atoms with E-state index < -0.39 is 0 Å². The van der Waals surface area contributed by atoms with Crippen molar-refractivity contribution in [3.63, 3.8) is 0 Å². The molecule has 0 spiro atoms. The maximum Gasteiger partial charge on any atom is 0.198 e. The first kappa shape index (κ1) is 8.72. The van der Waals surface area contributed by atoms with Crippen LogP contribution in [-0.4, -0.2) is 6.29 Å². The lowest BCUT2D eigenvalue weighted by Gasteiger charge is -2.01. The van der Waals surface area contributed by atoms with Gasteiger partial charge >= 0.3 is 0 Å². The van der Waals surface area contributed by atoms with Gasteiger partial charge in [-0.15, -0.1) is 0 Å². The lowest BCUT2D eigenvalue weighted by Crippen LogP contribution is -1.83. The summed E-state index contributed by atoms with van der Waals surface area (Å²) in [6.45, 7) is 3.88. The van der Waals surface area contributed by atoms with Gasteiger partial charge in [-0.25, -0.2) is 0 Å². The van der Waals surface area contributed by atoms with Crippen molar-refractivity contribution >= 4 is 11.9 Å². The van der Waals surface area contributed by atoms with Crippen LogP contribution in [0.1, 0.15) is 18.4 Å². The van der Waals surface area contributed by atoms with Crippen molar-refractivity contribution in [2.75, 3.05) is 0 Å². The highest BCUT2D eigenvalue weighted by atomic mass is 16.1. The molecule has 0 N–H and O–H groups in total. The van der Waals surface area contributed by atoms with Crippen molar-refractivity contribution in [1.29, 1.82) is 0 Å². The van der Waals surface area contributed by atoms with Gasteiger partial charge in [0.15, 0.2) is 6.29 Å². The summed E-state index contributed by atoms with van der Waals surface area (Å²) in [5, 5.41) is 0. The largest absolute Gasteiger partial charge is 0.291 e. The summed E-state index contributed by atoms with van der Waals surface area (Å²) in [7, 11) is 0. The van der Waals surface area contributed by atoms with E-state index >= 15 is 0 Å². The standard InChI is InChI=1S/C11H11O/c1-10(6-5-9-12)11-7-3-2-4-8-11/h2-4,7-8H,1,5-6H2. The number of hydrogen-bond acceptors (Lipinski definition) is 1. The fourth-order valence-electron chi connectivity index (χ4n) is 1.02. The van der Waals surface area contributed by atoms with Crippen molar-refractivity contribution in [3.05, 3.63) is 42.5 Å². The molecule has 0 saturated carbocycles. The molecule has 0 atom stereocenters. The minimum Gasteiger partial charge on any atom is -0.291 e. The Bertz CT molecular complexity index is 262. The van der Waals surface area contributed by atoms with Gasteiger partial charge in [0, 0.05) is 6.42 Å². The van der Waals surface area contributed by atoms with E-state index in [-0.39, 0.29) is 0 Å². The van der Waals surface area contributed by atoms with E-state index in [4.69, 9.17) is 0 Å². The second kappa shape index (κ2) is 4.50. The van der Waals surface area contributed by atoms with Gasteiger partial charge < -0.3 is 0 Å². The van der Waals surface area contributed by atoms with Crippen molar-refractivity contribution in [2.24, 2.45) is 0 Å². The number of hydrogen-bond donors (Lipinski definition) is 0. The van der Waals surface area contributed by atoms with Crippen molar-refractivity contribution in [1.82, 2.24) is 0 Å². The summed E-state index contributed by atoms with van der Waals surface area (Å²) < 4.78 is 0. The second-order valence-corrected chi connectivity index (χ2v) is 2.61. The molecule has 1 aromatic carbocycles. The third-order valence-electron chi connectivity index (χ3n) is 1.71. The van der Waals surface area contributed by atoms with Gasteiger partial charge in [-0.3, -0.25) is 4.79 Å². The Balaban J connectivity index is 2.59. The molecule has 12 heavy (non-hydrogen) atoms. The molecular formula is C11H11O. The normalized spacial score (nSPS) is 9.33. The smallest absolute Gasteiger partial charge is 0.198 e. The Hall–Kier alpha value is -1.37. The number of allylic oxidation sites excluding steroid dienone is 1. The van der Waals surface area contributed by atoms with Crippen LogP contribution >= 0.6 is 0 Å². The summed E-state index contributed by atoms with van der Waals surface area (Å²) >= 11 is 0. The Labute approximate surface area is 72.7 Å². The first-order valence-corrected chi connectivity index (χ1v) is 3.93. The maximum absolute atomic E-state index is 9.97. The number of benzene rings is 1. The fraction of sp³-hybridized carbons (Fsp3) is 0.182. The number of rotatable bonds is 4. The molecule has 0 amide bonds. The van der Waals surface area contributed by atoms with Crippen LogP contribution in [0.3, 0.4) is 0 Å². The molecule has 1 aromatic rings. The van der Waals surface area contributed by atoms with Crippen LogP contribution in [0.25, 0.3) is 5.57 Å². The third kappa shape index (κ3) is 2.35. The summed E-state index contributed by atoms with van der Waals surface area (Å²) in [5.74, 6) is 0. The molecule has 1 heteroatoms. The molecule has 1 radical (unpaired) electrons. The highest BCUT2D eigenvalue weighted by molar-refractivity contribution is 5.66. The Morgan fingerprint density at radius 1 is 1.33 bits per heavy atom. The van der Waals surface area contributed by atoms with Gasteiger partial charge in [0.1, 0.15) is 0 Å². The minimum atomic E-state index is 0.438. The molecule has 1 rings (SSSR count). The van der Waals surface area contributed by atoms with Crippen molar-refractivity contribution in [3.8, 4) is 0 Å². The zero-order chi connectivity index (χ0) is 8.81. The molecule has 0 fully saturated rings. The van der Waals surface area contributed by atoms with E-state index in [1.807, 2.05) is 36.6 Å². The zero-order valence-corrected chi connectivity index (χ0v) is 6.92. The summed E-state index contributed by atoms with van der Waals surface area (Å²) in [4.78, 5) is 9.97. The molecule has 0 aliphatic carbocycles. The van der Waals surface area contributed by atoms with Crippen molar-refractivity contribution < 1.29 is 4.79 Å². The van der Waals surface area contributed by atoms with Gasteiger partial charge in [-0.05, 0) is 17.6 Å². The summed E-state index contributed by atoms with van der Waals surface area (Å²) in [6, 6.07) is 9.87. The monoisotopic (exact) mass is 159 g/mol. The summed E-state index contributed by atoms with van der Waals surface area (Å²) in [6.07, 6.45) is 3.00. The molecule has 0 aromatic heterocycles. The minimum absolute atomic E-state index is 0.438. The van der Waals surface area contributed by atoms with Crippen LogP contribution in [0.5, 0.6) is 0 Å². The second-order valence-electron chi connectivity index (χ2n) is 2.61. The van der Waals surface area contributed by atoms with Gasteiger partial charge in [-0.2, -0.15) is 0 Å².